The van der Waals surface area contributed by atoms with Gasteiger partial charge in [-0.25, -0.2) is 4.79 Å². The van der Waals surface area contributed by atoms with Crippen molar-refractivity contribution in [2.24, 2.45) is 0 Å². The number of carboxylic acids is 1. The molecule has 0 aliphatic carbocycles. The van der Waals surface area contributed by atoms with Crippen LogP contribution >= 0.6 is 11.6 Å². The molecule has 1 atom stereocenters. The Kier molecular flexibility index (Phi) is 10.2. The van der Waals surface area contributed by atoms with Crippen LogP contribution in [0, 0.1) is 0 Å². The Morgan fingerprint density at radius 2 is 1.61 bits per heavy atom. The number of carboxylic acid groups (broad SMARTS) is 1. The first-order valence-electron chi connectivity index (χ1n) is 11.6. The number of carbonyl (C=O) groups excluding carboxylic acids is 1. The van der Waals surface area contributed by atoms with Gasteiger partial charge in [0.15, 0.2) is 12.7 Å². The van der Waals surface area contributed by atoms with Crippen molar-refractivity contribution in [3.8, 4) is 11.5 Å². The zero-order valence-electron chi connectivity index (χ0n) is 20.4. The Labute approximate surface area is 216 Å². The number of ether oxygens (including phenoxy) is 3. The summed E-state index contributed by atoms with van der Waals surface area (Å²) in [5.41, 5.74) is 2.62. The second-order valence-electron chi connectivity index (χ2n) is 8.11. The van der Waals surface area contributed by atoms with Crippen molar-refractivity contribution in [1.29, 1.82) is 0 Å². The maximum atomic E-state index is 13.2. The fourth-order valence-corrected chi connectivity index (χ4v) is 3.80. The van der Waals surface area contributed by atoms with Gasteiger partial charge in [-0.1, -0.05) is 54.1 Å². The number of methoxy groups -OCH3 is 1. The molecule has 0 spiro atoms. The standard InChI is InChI=1S/C28H30ClNO6/c1-3-35-26(28(32)33)16-20-10-14-24(15-11-20)36-19-27(31)30(17-21-8-12-23(29)13-9-21)18-22-6-4-5-7-25(22)34-2/h4-15,26H,3,16-19H2,1-2H3,(H,32,33)/t26-/m0/s1. The molecule has 0 saturated heterocycles. The highest BCUT2D eigenvalue weighted by Crippen LogP contribution is 2.22. The number of carbonyl (C=O) groups is 2. The Bertz CT molecular complexity index is 1130. The number of hydrogen-bond donors (Lipinski definition) is 1. The highest BCUT2D eigenvalue weighted by Gasteiger charge is 2.19. The SMILES string of the molecule is CCO[C@@H](Cc1ccc(OCC(=O)N(Cc2ccc(Cl)cc2)Cc2ccccc2OC)cc1)C(=O)O. The topological polar surface area (TPSA) is 85.3 Å². The molecule has 0 heterocycles. The van der Waals surface area contributed by atoms with Crippen LogP contribution in [0.1, 0.15) is 23.6 Å². The van der Waals surface area contributed by atoms with Crippen molar-refractivity contribution in [2.75, 3.05) is 20.3 Å². The largest absolute Gasteiger partial charge is 0.496 e. The van der Waals surface area contributed by atoms with Crippen LogP contribution in [0.4, 0.5) is 0 Å². The van der Waals surface area contributed by atoms with Crippen LogP contribution < -0.4 is 9.47 Å². The summed E-state index contributed by atoms with van der Waals surface area (Å²) < 4.78 is 16.5. The number of para-hydroxylation sites is 1. The van der Waals surface area contributed by atoms with E-state index in [2.05, 4.69) is 0 Å². The number of nitrogens with zero attached hydrogens (tertiary/aromatic N) is 1. The molecule has 0 aromatic heterocycles. The first-order chi connectivity index (χ1) is 17.4. The fourth-order valence-electron chi connectivity index (χ4n) is 3.67. The van der Waals surface area contributed by atoms with Crippen LogP contribution in [0.3, 0.4) is 0 Å². The van der Waals surface area contributed by atoms with Gasteiger partial charge >= 0.3 is 5.97 Å². The van der Waals surface area contributed by atoms with E-state index in [1.54, 1.807) is 55.3 Å². The summed E-state index contributed by atoms with van der Waals surface area (Å²) in [6.45, 7) is 2.65. The quantitative estimate of drug-likeness (QED) is 0.348. The van der Waals surface area contributed by atoms with Crippen LogP contribution in [0.25, 0.3) is 0 Å². The summed E-state index contributed by atoms with van der Waals surface area (Å²) in [5, 5.41) is 9.90. The second-order valence-corrected chi connectivity index (χ2v) is 8.54. The average Bonchev–Trinajstić information content (AvgIpc) is 2.89. The Hall–Kier alpha value is -3.55. The lowest BCUT2D eigenvalue weighted by molar-refractivity contribution is -0.150. The molecular formula is C28H30ClNO6. The van der Waals surface area contributed by atoms with E-state index in [1.807, 2.05) is 36.4 Å². The molecule has 8 heteroatoms. The maximum absolute atomic E-state index is 13.2. The van der Waals surface area contributed by atoms with Crippen molar-refractivity contribution in [3.63, 3.8) is 0 Å². The van der Waals surface area contributed by atoms with Gasteiger partial charge in [-0.05, 0) is 48.4 Å². The van der Waals surface area contributed by atoms with Gasteiger partial charge in [0.1, 0.15) is 11.5 Å². The third-order valence-corrected chi connectivity index (χ3v) is 5.80. The molecule has 1 N–H and O–H groups in total. The smallest absolute Gasteiger partial charge is 0.333 e. The first-order valence-corrected chi connectivity index (χ1v) is 12.0. The van der Waals surface area contributed by atoms with E-state index in [4.69, 9.17) is 25.8 Å². The zero-order valence-corrected chi connectivity index (χ0v) is 21.1. The molecule has 3 aromatic carbocycles. The molecule has 190 valence electrons. The van der Waals surface area contributed by atoms with Crippen molar-refractivity contribution >= 4 is 23.5 Å². The fraction of sp³-hybridized carbons (Fsp3) is 0.286. The lowest BCUT2D eigenvalue weighted by Gasteiger charge is -2.24. The predicted molar refractivity (Wildman–Crippen MR) is 137 cm³/mol. The molecule has 0 aliphatic heterocycles. The molecule has 3 rings (SSSR count). The van der Waals surface area contributed by atoms with E-state index >= 15 is 0 Å². The lowest BCUT2D eigenvalue weighted by atomic mass is 10.1. The van der Waals surface area contributed by atoms with Gasteiger partial charge in [0.05, 0.1) is 7.11 Å². The van der Waals surface area contributed by atoms with Crippen LogP contribution in [-0.4, -0.2) is 48.3 Å². The number of amides is 1. The van der Waals surface area contributed by atoms with E-state index in [0.29, 0.717) is 36.2 Å². The van der Waals surface area contributed by atoms with Crippen LogP contribution in [0.2, 0.25) is 5.02 Å². The lowest BCUT2D eigenvalue weighted by Crippen LogP contribution is -2.34. The van der Waals surface area contributed by atoms with E-state index in [-0.39, 0.29) is 18.9 Å². The molecule has 0 saturated carbocycles. The van der Waals surface area contributed by atoms with E-state index in [1.165, 1.54) is 0 Å². The second kappa shape index (κ2) is 13.5. The third-order valence-electron chi connectivity index (χ3n) is 5.54. The van der Waals surface area contributed by atoms with Crippen molar-refractivity contribution in [3.05, 3.63) is 94.5 Å². The highest BCUT2D eigenvalue weighted by atomic mass is 35.5. The van der Waals surface area contributed by atoms with Gasteiger partial charge in [0, 0.05) is 36.7 Å². The molecule has 0 fully saturated rings. The highest BCUT2D eigenvalue weighted by molar-refractivity contribution is 6.30. The number of halogens is 1. The van der Waals surface area contributed by atoms with Crippen molar-refractivity contribution in [2.45, 2.75) is 32.5 Å². The number of benzene rings is 3. The summed E-state index contributed by atoms with van der Waals surface area (Å²) in [6.07, 6.45) is -0.657. The minimum atomic E-state index is -1.00. The summed E-state index contributed by atoms with van der Waals surface area (Å²) in [5.74, 6) is 0.0227. The molecular weight excluding hydrogens is 482 g/mol. The van der Waals surface area contributed by atoms with Gasteiger partial charge in [0.25, 0.3) is 5.91 Å². The summed E-state index contributed by atoms with van der Waals surface area (Å²) >= 11 is 6.01. The molecule has 7 nitrogen and oxygen atoms in total. The Balaban J connectivity index is 1.67. The van der Waals surface area contributed by atoms with Gasteiger partial charge in [-0.2, -0.15) is 0 Å². The Morgan fingerprint density at radius 3 is 2.25 bits per heavy atom. The molecule has 1 amide bonds. The monoisotopic (exact) mass is 511 g/mol. The predicted octanol–water partition coefficient (Wildman–Crippen LogP) is 4.99. The molecule has 0 radical (unpaired) electrons. The van der Waals surface area contributed by atoms with Crippen LogP contribution in [0.15, 0.2) is 72.8 Å². The van der Waals surface area contributed by atoms with E-state index < -0.39 is 12.1 Å². The summed E-state index contributed by atoms with van der Waals surface area (Å²) in [7, 11) is 1.60. The molecule has 0 aliphatic rings. The van der Waals surface area contributed by atoms with Gasteiger partial charge in [0.2, 0.25) is 0 Å². The summed E-state index contributed by atoms with van der Waals surface area (Å²) in [4.78, 5) is 26.2. The molecule has 3 aromatic rings. The average molecular weight is 512 g/mol. The number of hydrogen-bond acceptors (Lipinski definition) is 5. The van der Waals surface area contributed by atoms with E-state index in [9.17, 15) is 14.7 Å². The van der Waals surface area contributed by atoms with Gasteiger partial charge in [-0.15, -0.1) is 0 Å². The first kappa shape index (κ1) is 27.0. The Morgan fingerprint density at radius 1 is 0.944 bits per heavy atom. The van der Waals surface area contributed by atoms with Crippen LogP contribution in [0.5, 0.6) is 11.5 Å². The van der Waals surface area contributed by atoms with Gasteiger partial charge < -0.3 is 24.2 Å². The van der Waals surface area contributed by atoms with Crippen molar-refractivity contribution < 1.29 is 28.9 Å². The summed E-state index contributed by atoms with van der Waals surface area (Å²) in [6, 6.07) is 21.9. The number of aliphatic carboxylic acids is 1. The molecule has 0 unspecified atom stereocenters. The minimum absolute atomic E-state index is 0.154. The van der Waals surface area contributed by atoms with Gasteiger partial charge in [-0.3, -0.25) is 4.79 Å². The van der Waals surface area contributed by atoms with Crippen molar-refractivity contribution in [1.82, 2.24) is 4.90 Å². The maximum Gasteiger partial charge on any atom is 0.333 e. The van der Waals surface area contributed by atoms with Crippen LogP contribution in [-0.2, 0) is 33.8 Å². The molecule has 0 bridgehead atoms. The molecule has 36 heavy (non-hydrogen) atoms. The third kappa shape index (κ3) is 8.00. The minimum Gasteiger partial charge on any atom is -0.496 e. The normalized spacial score (nSPS) is 11.5. The number of rotatable bonds is 13. The zero-order chi connectivity index (χ0) is 25.9. The van der Waals surface area contributed by atoms with E-state index in [0.717, 1.165) is 16.7 Å².